The van der Waals surface area contributed by atoms with Crippen LogP contribution in [0.1, 0.15) is 10.7 Å². The van der Waals surface area contributed by atoms with Gasteiger partial charge < -0.3 is 10.3 Å². The first-order valence-corrected chi connectivity index (χ1v) is 5.82. The summed E-state index contributed by atoms with van der Waals surface area (Å²) in [5.74, 6) is 0.357. The van der Waals surface area contributed by atoms with Gasteiger partial charge in [0, 0.05) is 36.4 Å². The Morgan fingerprint density at radius 2 is 2.44 bits per heavy atom. The monoisotopic (exact) mass is 236 g/mol. The minimum absolute atomic E-state index is 0.196. The summed E-state index contributed by atoms with van der Waals surface area (Å²) in [4.78, 5) is 22.1. The summed E-state index contributed by atoms with van der Waals surface area (Å²) in [6.45, 7) is 2.63. The van der Waals surface area contributed by atoms with Gasteiger partial charge in [0.05, 0.1) is 5.01 Å². The molecule has 0 fully saturated rings. The Bertz CT molecular complexity index is 519. The molecule has 6 heteroatoms. The van der Waals surface area contributed by atoms with Gasteiger partial charge in [-0.25, -0.2) is 9.97 Å². The average molecular weight is 236 g/mol. The Hall–Kier alpha value is -1.69. The lowest BCUT2D eigenvalue weighted by atomic mass is 10.4. The second-order valence-corrected chi connectivity index (χ2v) is 4.27. The van der Waals surface area contributed by atoms with Crippen LogP contribution in [0.25, 0.3) is 0 Å². The van der Waals surface area contributed by atoms with E-state index in [1.807, 2.05) is 12.3 Å². The number of aromatic nitrogens is 3. The normalized spacial score (nSPS) is 10.3. The SMILES string of the molecule is Cc1csc(CCNc2ncc[nH]c2=O)n1. The van der Waals surface area contributed by atoms with Crippen molar-refractivity contribution in [3.63, 3.8) is 0 Å². The van der Waals surface area contributed by atoms with Crippen molar-refractivity contribution in [2.24, 2.45) is 0 Å². The van der Waals surface area contributed by atoms with E-state index >= 15 is 0 Å². The molecule has 5 nitrogen and oxygen atoms in total. The number of hydrogen-bond acceptors (Lipinski definition) is 5. The molecular formula is C10H12N4OS. The predicted molar refractivity (Wildman–Crippen MR) is 63.9 cm³/mol. The van der Waals surface area contributed by atoms with Gasteiger partial charge in [-0.2, -0.15) is 0 Å². The fourth-order valence-corrected chi connectivity index (χ4v) is 2.06. The molecule has 0 aliphatic carbocycles. The predicted octanol–water partition coefficient (Wildman–Crippen LogP) is 1.19. The minimum atomic E-state index is -0.196. The maximum absolute atomic E-state index is 11.3. The van der Waals surface area contributed by atoms with Crippen LogP contribution in [-0.4, -0.2) is 21.5 Å². The summed E-state index contributed by atoms with van der Waals surface area (Å²) in [5, 5.41) is 6.07. The fraction of sp³-hybridized carbons (Fsp3) is 0.300. The van der Waals surface area contributed by atoms with Crippen molar-refractivity contribution in [3.8, 4) is 0 Å². The van der Waals surface area contributed by atoms with Crippen molar-refractivity contribution < 1.29 is 0 Å². The van der Waals surface area contributed by atoms with Gasteiger partial charge in [0.2, 0.25) is 0 Å². The summed E-state index contributed by atoms with van der Waals surface area (Å²) in [6.07, 6.45) is 3.86. The average Bonchev–Trinajstić information content (AvgIpc) is 2.67. The van der Waals surface area contributed by atoms with Gasteiger partial charge in [0.25, 0.3) is 5.56 Å². The first-order chi connectivity index (χ1) is 7.75. The zero-order valence-electron chi connectivity index (χ0n) is 8.86. The molecule has 0 saturated heterocycles. The van der Waals surface area contributed by atoms with E-state index in [0.29, 0.717) is 12.4 Å². The quantitative estimate of drug-likeness (QED) is 0.836. The molecule has 0 unspecified atom stereocenters. The molecule has 0 saturated carbocycles. The van der Waals surface area contributed by atoms with E-state index < -0.39 is 0 Å². The number of H-pyrrole nitrogens is 1. The molecule has 0 spiro atoms. The van der Waals surface area contributed by atoms with E-state index in [1.54, 1.807) is 17.5 Å². The van der Waals surface area contributed by atoms with Crippen molar-refractivity contribution >= 4 is 17.2 Å². The molecule has 2 aromatic rings. The molecular weight excluding hydrogens is 224 g/mol. The van der Waals surface area contributed by atoms with Crippen LogP contribution in [0.15, 0.2) is 22.6 Å². The largest absolute Gasteiger partial charge is 0.365 e. The topological polar surface area (TPSA) is 70.7 Å². The first kappa shape index (κ1) is 10.8. The molecule has 0 bridgehead atoms. The Balaban J connectivity index is 1.89. The van der Waals surface area contributed by atoms with Crippen LogP contribution in [0, 0.1) is 6.92 Å². The highest BCUT2D eigenvalue weighted by atomic mass is 32.1. The molecule has 0 radical (unpaired) electrons. The maximum atomic E-state index is 11.3. The highest BCUT2D eigenvalue weighted by Crippen LogP contribution is 2.08. The summed E-state index contributed by atoms with van der Waals surface area (Å²) in [5.41, 5.74) is 0.841. The van der Waals surface area contributed by atoms with E-state index in [2.05, 4.69) is 20.3 Å². The summed E-state index contributed by atoms with van der Waals surface area (Å²) in [7, 11) is 0. The van der Waals surface area contributed by atoms with Gasteiger partial charge in [0.1, 0.15) is 0 Å². The summed E-state index contributed by atoms with van der Waals surface area (Å²) < 4.78 is 0. The Morgan fingerprint density at radius 1 is 1.56 bits per heavy atom. The fourth-order valence-electron chi connectivity index (χ4n) is 1.28. The maximum Gasteiger partial charge on any atom is 0.290 e. The standard InChI is InChI=1S/C10H12N4OS/c1-7-6-16-8(14-7)2-3-11-9-10(15)13-5-4-12-9/h4-6H,2-3H2,1H3,(H,11,12)(H,13,15). The van der Waals surface area contributed by atoms with E-state index in [4.69, 9.17) is 0 Å². The molecule has 0 aliphatic heterocycles. The van der Waals surface area contributed by atoms with Gasteiger partial charge in [-0.3, -0.25) is 4.79 Å². The van der Waals surface area contributed by atoms with E-state index in [1.165, 1.54) is 6.20 Å². The van der Waals surface area contributed by atoms with Crippen LogP contribution in [0.4, 0.5) is 5.82 Å². The number of aromatic amines is 1. The highest BCUT2D eigenvalue weighted by molar-refractivity contribution is 7.09. The van der Waals surface area contributed by atoms with Gasteiger partial charge in [-0.1, -0.05) is 0 Å². The zero-order chi connectivity index (χ0) is 11.4. The molecule has 84 valence electrons. The van der Waals surface area contributed by atoms with Crippen molar-refractivity contribution in [3.05, 3.63) is 38.8 Å². The van der Waals surface area contributed by atoms with Crippen LogP contribution in [0.5, 0.6) is 0 Å². The first-order valence-electron chi connectivity index (χ1n) is 4.94. The number of nitrogens with zero attached hydrogens (tertiary/aromatic N) is 2. The number of nitrogens with one attached hydrogen (secondary N) is 2. The molecule has 0 amide bonds. The molecule has 2 heterocycles. The molecule has 2 N–H and O–H groups in total. The third-order valence-corrected chi connectivity index (χ3v) is 3.03. The van der Waals surface area contributed by atoms with E-state index in [9.17, 15) is 4.79 Å². The molecule has 2 rings (SSSR count). The lowest BCUT2D eigenvalue weighted by Crippen LogP contribution is -2.17. The number of rotatable bonds is 4. The van der Waals surface area contributed by atoms with Crippen LogP contribution in [-0.2, 0) is 6.42 Å². The number of thiazole rings is 1. The smallest absolute Gasteiger partial charge is 0.290 e. The lowest BCUT2D eigenvalue weighted by molar-refractivity contribution is 0.967. The summed E-state index contributed by atoms with van der Waals surface area (Å²) >= 11 is 1.63. The second-order valence-electron chi connectivity index (χ2n) is 3.33. The van der Waals surface area contributed by atoms with Crippen molar-refractivity contribution in [1.82, 2.24) is 15.0 Å². The van der Waals surface area contributed by atoms with E-state index in [-0.39, 0.29) is 5.56 Å². The molecule has 16 heavy (non-hydrogen) atoms. The molecule has 0 aliphatic rings. The number of anilines is 1. The van der Waals surface area contributed by atoms with E-state index in [0.717, 1.165) is 17.1 Å². The number of hydrogen-bond donors (Lipinski definition) is 2. The summed E-state index contributed by atoms with van der Waals surface area (Å²) in [6, 6.07) is 0. The number of aryl methyl sites for hydroxylation is 1. The van der Waals surface area contributed by atoms with Gasteiger partial charge in [0.15, 0.2) is 5.82 Å². The van der Waals surface area contributed by atoms with Crippen LogP contribution in [0.3, 0.4) is 0 Å². The van der Waals surface area contributed by atoms with Crippen LogP contribution in [0.2, 0.25) is 0 Å². The Kier molecular flexibility index (Phi) is 3.31. The van der Waals surface area contributed by atoms with Crippen molar-refractivity contribution in [1.29, 1.82) is 0 Å². The van der Waals surface area contributed by atoms with Crippen molar-refractivity contribution in [2.45, 2.75) is 13.3 Å². The third kappa shape index (κ3) is 2.66. The van der Waals surface area contributed by atoms with Crippen LogP contribution < -0.4 is 10.9 Å². The van der Waals surface area contributed by atoms with Crippen molar-refractivity contribution in [2.75, 3.05) is 11.9 Å². The van der Waals surface area contributed by atoms with Gasteiger partial charge in [-0.05, 0) is 6.92 Å². The zero-order valence-corrected chi connectivity index (χ0v) is 9.67. The third-order valence-electron chi connectivity index (χ3n) is 2.01. The van der Waals surface area contributed by atoms with Gasteiger partial charge in [-0.15, -0.1) is 11.3 Å². The minimum Gasteiger partial charge on any atom is -0.365 e. The Labute approximate surface area is 96.6 Å². The van der Waals surface area contributed by atoms with Crippen LogP contribution >= 0.6 is 11.3 Å². The second kappa shape index (κ2) is 4.89. The molecule has 0 atom stereocenters. The highest BCUT2D eigenvalue weighted by Gasteiger charge is 2.01. The molecule has 2 aromatic heterocycles. The Morgan fingerprint density at radius 3 is 3.12 bits per heavy atom. The lowest BCUT2D eigenvalue weighted by Gasteiger charge is -2.01. The molecule has 0 aromatic carbocycles. The van der Waals surface area contributed by atoms with Gasteiger partial charge >= 0.3 is 0 Å².